The van der Waals surface area contributed by atoms with Crippen molar-refractivity contribution >= 4 is 11.8 Å². The minimum absolute atomic E-state index is 0.903. The van der Waals surface area contributed by atoms with Crippen LogP contribution in [0.15, 0.2) is 0 Å². The molecule has 0 saturated carbocycles. The highest BCUT2D eigenvalue weighted by Gasteiger charge is 2.20. The SMILES string of the molecule is CC1CCC(C(C)C)CS1. The van der Waals surface area contributed by atoms with Gasteiger partial charge in [-0.05, 0) is 30.4 Å². The Hall–Kier alpha value is 0.350. The lowest BCUT2D eigenvalue weighted by molar-refractivity contribution is 0.379. The molecule has 0 spiro atoms. The summed E-state index contributed by atoms with van der Waals surface area (Å²) in [6.45, 7) is 7.05. The van der Waals surface area contributed by atoms with E-state index >= 15 is 0 Å². The molecular weight excluding hydrogens is 140 g/mol. The van der Waals surface area contributed by atoms with Gasteiger partial charge in [-0.1, -0.05) is 20.8 Å². The molecule has 2 unspecified atom stereocenters. The molecule has 1 fully saturated rings. The fourth-order valence-corrected chi connectivity index (χ4v) is 2.86. The van der Waals surface area contributed by atoms with Crippen molar-refractivity contribution in [3.63, 3.8) is 0 Å². The van der Waals surface area contributed by atoms with Gasteiger partial charge in [-0.3, -0.25) is 0 Å². The molecule has 0 aliphatic carbocycles. The van der Waals surface area contributed by atoms with Crippen molar-refractivity contribution in [1.82, 2.24) is 0 Å². The molecule has 60 valence electrons. The normalized spacial score (nSPS) is 34.8. The van der Waals surface area contributed by atoms with Gasteiger partial charge in [0.05, 0.1) is 0 Å². The van der Waals surface area contributed by atoms with Crippen LogP contribution in [0.1, 0.15) is 33.6 Å². The molecule has 0 amide bonds. The first-order valence-corrected chi connectivity index (χ1v) is 5.36. The first-order valence-electron chi connectivity index (χ1n) is 4.31. The molecule has 0 aromatic rings. The maximum atomic E-state index is 2.35. The van der Waals surface area contributed by atoms with Gasteiger partial charge in [0, 0.05) is 5.25 Å². The summed E-state index contributed by atoms with van der Waals surface area (Å²) in [4.78, 5) is 0. The van der Waals surface area contributed by atoms with Gasteiger partial charge in [-0.25, -0.2) is 0 Å². The summed E-state index contributed by atoms with van der Waals surface area (Å²) in [5.74, 6) is 3.31. The molecule has 0 aromatic heterocycles. The summed E-state index contributed by atoms with van der Waals surface area (Å²) in [5.41, 5.74) is 0. The van der Waals surface area contributed by atoms with Gasteiger partial charge in [-0.2, -0.15) is 11.8 Å². The van der Waals surface area contributed by atoms with Crippen LogP contribution in [0.3, 0.4) is 0 Å². The first kappa shape index (κ1) is 8.45. The van der Waals surface area contributed by atoms with Gasteiger partial charge >= 0.3 is 0 Å². The van der Waals surface area contributed by atoms with Crippen molar-refractivity contribution in [3.05, 3.63) is 0 Å². The Morgan fingerprint density at radius 2 is 2.00 bits per heavy atom. The standard InChI is InChI=1S/C9H18S/c1-7(2)9-5-4-8(3)10-6-9/h7-9H,4-6H2,1-3H3. The smallest absolute Gasteiger partial charge is 0.00189 e. The number of thioether (sulfide) groups is 1. The van der Waals surface area contributed by atoms with Crippen LogP contribution in [0, 0.1) is 11.8 Å². The summed E-state index contributed by atoms with van der Waals surface area (Å²) in [6, 6.07) is 0. The predicted molar refractivity (Wildman–Crippen MR) is 49.5 cm³/mol. The zero-order chi connectivity index (χ0) is 7.56. The van der Waals surface area contributed by atoms with Crippen LogP contribution < -0.4 is 0 Å². The van der Waals surface area contributed by atoms with Crippen LogP contribution in [0.5, 0.6) is 0 Å². The second kappa shape index (κ2) is 3.66. The molecule has 1 aliphatic rings. The van der Waals surface area contributed by atoms with Crippen LogP contribution in [-0.2, 0) is 0 Å². The molecule has 1 heterocycles. The zero-order valence-electron chi connectivity index (χ0n) is 7.26. The van der Waals surface area contributed by atoms with E-state index in [1.807, 2.05) is 0 Å². The Bertz CT molecular complexity index is 90.9. The third-order valence-corrected chi connectivity index (χ3v) is 3.91. The Morgan fingerprint density at radius 1 is 1.30 bits per heavy atom. The highest BCUT2D eigenvalue weighted by molar-refractivity contribution is 7.99. The van der Waals surface area contributed by atoms with Crippen LogP contribution in [0.4, 0.5) is 0 Å². The van der Waals surface area contributed by atoms with Gasteiger partial charge < -0.3 is 0 Å². The molecular formula is C9H18S. The highest BCUT2D eigenvalue weighted by atomic mass is 32.2. The van der Waals surface area contributed by atoms with E-state index in [1.165, 1.54) is 18.6 Å². The first-order chi connectivity index (χ1) is 4.70. The van der Waals surface area contributed by atoms with E-state index in [2.05, 4.69) is 32.5 Å². The van der Waals surface area contributed by atoms with Crippen LogP contribution >= 0.6 is 11.8 Å². The average molecular weight is 158 g/mol. The summed E-state index contributed by atoms with van der Waals surface area (Å²) in [6.07, 6.45) is 2.90. The van der Waals surface area contributed by atoms with Gasteiger partial charge in [0.2, 0.25) is 0 Å². The molecule has 1 aliphatic heterocycles. The maximum Gasteiger partial charge on any atom is 0.00189 e. The van der Waals surface area contributed by atoms with Crippen molar-refractivity contribution < 1.29 is 0 Å². The van der Waals surface area contributed by atoms with E-state index in [-0.39, 0.29) is 0 Å². The van der Waals surface area contributed by atoms with Crippen molar-refractivity contribution in [2.45, 2.75) is 38.9 Å². The second-order valence-corrected chi connectivity index (χ2v) is 5.20. The molecule has 0 N–H and O–H groups in total. The molecule has 1 rings (SSSR count). The fraction of sp³-hybridized carbons (Fsp3) is 1.00. The summed E-state index contributed by atoms with van der Waals surface area (Å²) < 4.78 is 0. The van der Waals surface area contributed by atoms with Gasteiger partial charge in [-0.15, -0.1) is 0 Å². The molecule has 0 nitrogen and oxygen atoms in total. The molecule has 0 bridgehead atoms. The number of hydrogen-bond donors (Lipinski definition) is 0. The third kappa shape index (κ3) is 2.19. The predicted octanol–water partition coefficient (Wildman–Crippen LogP) is 3.17. The average Bonchev–Trinajstić information content (AvgIpc) is 1.88. The van der Waals surface area contributed by atoms with Crippen molar-refractivity contribution in [2.24, 2.45) is 11.8 Å². The summed E-state index contributed by atoms with van der Waals surface area (Å²) in [5, 5.41) is 0.926. The molecule has 0 radical (unpaired) electrons. The van der Waals surface area contributed by atoms with E-state index in [9.17, 15) is 0 Å². The van der Waals surface area contributed by atoms with Crippen LogP contribution in [0.2, 0.25) is 0 Å². The molecule has 1 saturated heterocycles. The number of rotatable bonds is 1. The quantitative estimate of drug-likeness (QED) is 0.565. The van der Waals surface area contributed by atoms with Gasteiger partial charge in [0.1, 0.15) is 0 Å². The Labute approximate surface area is 68.8 Å². The minimum Gasteiger partial charge on any atom is -0.159 e. The summed E-state index contributed by atoms with van der Waals surface area (Å²) >= 11 is 2.15. The van der Waals surface area contributed by atoms with Gasteiger partial charge in [0.15, 0.2) is 0 Å². The molecule has 0 aromatic carbocycles. The summed E-state index contributed by atoms with van der Waals surface area (Å²) in [7, 11) is 0. The molecule has 2 atom stereocenters. The maximum absolute atomic E-state index is 2.35. The third-order valence-electron chi connectivity index (χ3n) is 2.48. The van der Waals surface area contributed by atoms with Gasteiger partial charge in [0.25, 0.3) is 0 Å². The number of hydrogen-bond acceptors (Lipinski definition) is 1. The van der Waals surface area contributed by atoms with E-state index < -0.39 is 0 Å². The van der Waals surface area contributed by atoms with Crippen LogP contribution in [0.25, 0.3) is 0 Å². The van der Waals surface area contributed by atoms with Crippen molar-refractivity contribution in [3.8, 4) is 0 Å². The lowest BCUT2D eigenvalue weighted by atomic mass is 9.92. The van der Waals surface area contributed by atoms with E-state index in [0.717, 1.165) is 17.1 Å². The Morgan fingerprint density at radius 3 is 2.40 bits per heavy atom. The lowest BCUT2D eigenvalue weighted by Gasteiger charge is -2.28. The zero-order valence-corrected chi connectivity index (χ0v) is 8.08. The largest absolute Gasteiger partial charge is 0.159 e. The topological polar surface area (TPSA) is 0 Å². The van der Waals surface area contributed by atoms with Crippen molar-refractivity contribution in [1.29, 1.82) is 0 Å². The lowest BCUT2D eigenvalue weighted by Crippen LogP contribution is -2.19. The Kier molecular flexibility index (Phi) is 3.09. The Balaban J connectivity index is 2.26. The van der Waals surface area contributed by atoms with E-state index in [1.54, 1.807) is 0 Å². The minimum atomic E-state index is 0.903. The fourth-order valence-electron chi connectivity index (χ4n) is 1.43. The van der Waals surface area contributed by atoms with Crippen molar-refractivity contribution in [2.75, 3.05) is 5.75 Å². The monoisotopic (exact) mass is 158 g/mol. The second-order valence-electron chi connectivity index (χ2n) is 3.73. The molecule has 10 heavy (non-hydrogen) atoms. The van der Waals surface area contributed by atoms with E-state index in [4.69, 9.17) is 0 Å². The molecule has 1 heteroatoms. The van der Waals surface area contributed by atoms with E-state index in [0.29, 0.717) is 0 Å². The van der Waals surface area contributed by atoms with Crippen LogP contribution in [-0.4, -0.2) is 11.0 Å². The highest BCUT2D eigenvalue weighted by Crippen LogP contribution is 2.32.